The van der Waals surface area contributed by atoms with Crippen LogP contribution in [0.4, 0.5) is 0 Å². The van der Waals surface area contributed by atoms with Gasteiger partial charge in [-0.1, -0.05) is 30.3 Å². The smallest absolute Gasteiger partial charge is 0.315 e. The van der Waals surface area contributed by atoms with Crippen LogP contribution in [0.3, 0.4) is 0 Å². The molecule has 0 unspecified atom stereocenters. The van der Waals surface area contributed by atoms with Crippen molar-refractivity contribution in [2.75, 3.05) is 0 Å². The fourth-order valence-corrected chi connectivity index (χ4v) is 5.79. The largest absolute Gasteiger partial charge is 0.506 e. The molecule has 0 atom stereocenters. The second kappa shape index (κ2) is 12.2. The number of furan rings is 1. The Morgan fingerprint density at radius 2 is 1.63 bits per heavy atom. The maximum atomic E-state index is 13.7. The van der Waals surface area contributed by atoms with Gasteiger partial charge < -0.3 is 25.1 Å². The number of ketones is 1. The van der Waals surface area contributed by atoms with E-state index in [2.05, 4.69) is 0 Å². The summed E-state index contributed by atoms with van der Waals surface area (Å²) in [6.45, 7) is 0. The lowest BCUT2D eigenvalue weighted by Crippen LogP contribution is -2.11. The lowest BCUT2D eigenvalue weighted by molar-refractivity contribution is -0.133. The van der Waals surface area contributed by atoms with Crippen LogP contribution in [0.1, 0.15) is 46.5 Å². The summed E-state index contributed by atoms with van der Waals surface area (Å²) in [5, 5.41) is 21.2. The number of benzene rings is 3. The molecule has 0 radical (unpaired) electrons. The number of halogens is 2. The van der Waals surface area contributed by atoms with Gasteiger partial charge in [0.25, 0.3) is 0 Å². The summed E-state index contributed by atoms with van der Waals surface area (Å²) in [5.41, 5.74) is 6.87. The zero-order valence-electron chi connectivity index (χ0n) is 20.0. The third kappa shape index (κ3) is 6.46. The Bertz CT molecular complexity index is 1510. The molecule has 10 heteroatoms. The van der Waals surface area contributed by atoms with Gasteiger partial charge >= 0.3 is 5.97 Å². The molecule has 0 saturated heterocycles. The number of hydrogen-bond acceptors (Lipinski definition) is 7. The molecular formula is C28H23I2NO7. The number of aromatic hydroxyl groups is 2. The number of primary amides is 1. The SMILES string of the molecule is NC(=O)CCCCc1oc2cc(OC(=O)Cc3ccccc3)c(O)cc2c1C(=O)c1cc(I)c(O)c(I)c1. The average molecular weight is 739 g/mol. The molecule has 4 aromatic rings. The third-order valence-corrected chi connectivity index (χ3v) is 7.49. The van der Waals surface area contributed by atoms with Gasteiger partial charge in [0.15, 0.2) is 17.3 Å². The van der Waals surface area contributed by atoms with Crippen LogP contribution in [0.15, 0.2) is 59.0 Å². The number of nitrogens with two attached hydrogens (primary N) is 1. The predicted octanol–water partition coefficient (Wildman–Crippen LogP) is 5.63. The highest BCUT2D eigenvalue weighted by Gasteiger charge is 2.25. The number of amides is 1. The van der Waals surface area contributed by atoms with E-state index in [-0.39, 0.29) is 47.0 Å². The lowest BCUT2D eigenvalue weighted by Gasteiger charge is -2.08. The highest BCUT2D eigenvalue weighted by atomic mass is 127. The van der Waals surface area contributed by atoms with Crippen LogP contribution in [-0.2, 0) is 22.4 Å². The molecule has 0 saturated carbocycles. The molecule has 0 aliphatic heterocycles. The van der Waals surface area contributed by atoms with E-state index in [1.165, 1.54) is 12.1 Å². The van der Waals surface area contributed by atoms with Crippen molar-refractivity contribution in [3.63, 3.8) is 0 Å². The van der Waals surface area contributed by atoms with Gasteiger partial charge in [0, 0.05) is 29.9 Å². The predicted molar refractivity (Wildman–Crippen MR) is 157 cm³/mol. The van der Waals surface area contributed by atoms with E-state index in [9.17, 15) is 24.6 Å². The van der Waals surface area contributed by atoms with E-state index in [4.69, 9.17) is 14.9 Å². The number of carbonyl (C=O) groups is 3. The number of aryl methyl sites for hydroxylation is 1. The van der Waals surface area contributed by atoms with Gasteiger partial charge in [-0.15, -0.1) is 0 Å². The van der Waals surface area contributed by atoms with Crippen molar-refractivity contribution in [2.45, 2.75) is 32.1 Å². The highest BCUT2D eigenvalue weighted by Crippen LogP contribution is 2.38. The molecule has 0 aliphatic rings. The van der Waals surface area contributed by atoms with Crippen LogP contribution in [0.2, 0.25) is 0 Å². The molecule has 0 spiro atoms. The van der Waals surface area contributed by atoms with Crippen molar-refractivity contribution in [1.29, 1.82) is 0 Å². The van der Waals surface area contributed by atoms with E-state index < -0.39 is 11.9 Å². The van der Waals surface area contributed by atoms with Crippen LogP contribution in [0.5, 0.6) is 17.2 Å². The standard InChI is InChI=1S/C28H23I2NO7/c29-18-11-16(12-19(30)28(18)36)27(35)26-17-13-20(32)23(38-25(34)10-15-6-2-1-3-7-15)14-22(17)37-21(26)8-4-5-9-24(31)33/h1-3,6-7,11-14,32,36H,4-5,8-10H2,(H2,31,33). The molecular weight excluding hydrogens is 716 g/mol. The van der Waals surface area contributed by atoms with Gasteiger partial charge in [-0.05, 0) is 81.8 Å². The monoisotopic (exact) mass is 739 g/mol. The first-order valence-electron chi connectivity index (χ1n) is 11.7. The number of fused-ring (bicyclic) bond motifs is 1. The highest BCUT2D eigenvalue weighted by molar-refractivity contribution is 14.1. The van der Waals surface area contributed by atoms with Gasteiger partial charge in [-0.25, -0.2) is 0 Å². The zero-order valence-corrected chi connectivity index (χ0v) is 24.3. The van der Waals surface area contributed by atoms with E-state index in [1.54, 1.807) is 24.3 Å². The van der Waals surface area contributed by atoms with E-state index >= 15 is 0 Å². The Morgan fingerprint density at radius 3 is 2.29 bits per heavy atom. The van der Waals surface area contributed by atoms with Gasteiger partial charge in [0.2, 0.25) is 5.91 Å². The number of rotatable bonds is 10. The van der Waals surface area contributed by atoms with Crippen molar-refractivity contribution in [3.8, 4) is 17.2 Å². The molecule has 0 aliphatic carbocycles. The Labute approximate surface area is 245 Å². The minimum absolute atomic E-state index is 0.0173. The Morgan fingerprint density at radius 1 is 0.947 bits per heavy atom. The van der Waals surface area contributed by atoms with Crippen LogP contribution in [0, 0.1) is 7.14 Å². The lowest BCUT2D eigenvalue weighted by atomic mass is 9.97. The van der Waals surface area contributed by atoms with Crippen LogP contribution in [-0.4, -0.2) is 27.9 Å². The second-order valence-electron chi connectivity index (χ2n) is 8.64. The summed E-state index contributed by atoms with van der Waals surface area (Å²) >= 11 is 3.91. The fraction of sp³-hybridized carbons (Fsp3) is 0.179. The first kappa shape index (κ1) is 27.9. The van der Waals surface area contributed by atoms with Crippen molar-refractivity contribution >= 4 is 73.8 Å². The minimum Gasteiger partial charge on any atom is -0.506 e. The number of hydrogen-bond donors (Lipinski definition) is 3. The van der Waals surface area contributed by atoms with Gasteiger partial charge in [-0.2, -0.15) is 0 Å². The third-order valence-electron chi connectivity index (χ3n) is 5.84. The quantitative estimate of drug-likeness (QED) is 0.0630. The van der Waals surface area contributed by atoms with Gasteiger partial charge in [0.1, 0.15) is 17.1 Å². The molecule has 3 aromatic carbocycles. The summed E-state index contributed by atoms with van der Waals surface area (Å²) in [5.74, 6) is -1.26. The molecule has 1 heterocycles. The topological polar surface area (TPSA) is 140 Å². The van der Waals surface area contributed by atoms with Crippen LogP contribution >= 0.6 is 45.2 Å². The maximum absolute atomic E-state index is 13.7. The summed E-state index contributed by atoms with van der Waals surface area (Å²) in [7, 11) is 0. The summed E-state index contributed by atoms with van der Waals surface area (Å²) in [4.78, 5) is 37.3. The molecule has 4 rings (SSSR count). The van der Waals surface area contributed by atoms with E-state index in [1.807, 2.05) is 63.4 Å². The van der Waals surface area contributed by atoms with Crippen LogP contribution < -0.4 is 10.5 Å². The number of carbonyl (C=O) groups excluding carboxylic acids is 3. The van der Waals surface area contributed by atoms with Crippen molar-refractivity contribution in [3.05, 3.63) is 84.2 Å². The number of phenols is 2. The number of phenolic OH excluding ortho intramolecular Hbond substituents is 2. The molecule has 4 N–H and O–H groups in total. The van der Waals surface area contributed by atoms with Crippen molar-refractivity contribution < 1.29 is 33.8 Å². The van der Waals surface area contributed by atoms with Gasteiger partial charge in [-0.3, -0.25) is 14.4 Å². The second-order valence-corrected chi connectivity index (χ2v) is 11.0. The Kier molecular flexibility index (Phi) is 8.92. The molecule has 8 nitrogen and oxygen atoms in total. The molecule has 0 fully saturated rings. The fourth-order valence-electron chi connectivity index (χ4n) is 4.02. The molecule has 38 heavy (non-hydrogen) atoms. The van der Waals surface area contributed by atoms with Crippen LogP contribution in [0.25, 0.3) is 11.0 Å². The summed E-state index contributed by atoms with van der Waals surface area (Å²) in [6.07, 6.45) is 1.63. The zero-order chi connectivity index (χ0) is 27.4. The molecule has 1 amide bonds. The number of esters is 1. The van der Waals surface area contributed by atoms with E-state index in [0.29, 0.717) is 43.1 Å². The summed E-state index contributed by atoms with van der Waals surface area (Å²) < 4.78 is 12.5. The number of ether oxygens (including phenoxy) is 1. The van der Waals surface area contributed by atoms with Gasteiger partial charge in [0.05, 0.1) is 19.1 Å². The molecule has 196 valence electrons. The first-order valence-corrected chi connectivity index (χ1v) is 13.8. The maximum Gasteiger partial charge on any atom is 0.315 e. The molecule has 1 aromatic heterocycles. The normalized spacial score (nSPS) is 11.0. The first-order chi connectivity index (χ1) is 18.1. The Balaban J connectivity index is 1.70. The minimum atomic E-state index is -0.561. The average Bonchev–Trinajstić information content (AvgIpc) is 3.21. The van der Waals surface area contributed by atoms with Crippen molar-refractivity contribution in [2.24, 2.45) is 5.73 Å². The summed E-state index contributed by atoms with van der Waals surface area (Å²) in [6, 6.07) is 15.0. The number of unbranched alkanes of at least 4 members (excludes halogenated alkanes) is 1. The van der Waals surface area contributed by atoms with Crippen molar-refractivity contribution in [1.82, 2.24) is 0 Å². The van der Waals surface area contributed by atoms with E-state index in [0.717, 1.165) is 5.56 Å². The Hall–Kier alpha value is -3.13. The molecule has 0 bridgehead atoms.